The minimum atomic E-state index is 0.367. The maximum atomic E-state index is 4.75. The highest BCUT2D eigenvalue weighted by Crippen LogP contribution is 2.22. The summed E-state index contributed by atoms with van der Waals surface area (Å²) in [7, 11) is 0. The van der Waals surface area contributed by atoms with E-state index in [0.29, 0.717) is 6.04 Å². The summed E-state index contributed by atoms with van der Waals surface area (Å²) in [5, 5.41) is 16.9. The molecule has 1 N–H and O–H groups in total. The number of hydrogen-bond acceptors (Lipinski definition) is 7. The first-order valence-corrected chi connectivity index (χ1v) is 10.3. The molecular formula is C22H24N8. The first-order valence-electron chi connectivity index (χ1n) is 10.3. The fourth-order valence-corrected chi connectivity index (χ4v) is 3.95. The lowest BCUT2D eigenvalue weighted by Crippen LogP contribution is -2.39. The van der Waals surface area contributed by atoms with E-state index in [1.165, 1.54) is 0 Å². The van der Waals surface area contributed by atoms with Crippen molar-refractivity contribution in [2.24, 2.45) is 0 Å². The van der Waals surface area contributed by atoms with Crippen molar-refractivity contribution >= 4 is 17.3 Å². The van der Waals surface area contributed by atoms with Crippen LogP contribution in [-0.2, 0) is 0 Å². The van der Waals surface area contributed by atoms with Crippen molar-refractivity contribution in [2.45, 2.75) is 32.7 Å². The molecule has 0 bridgehead atoms. The third kappa shape index (κ3) is 3.68. The monoisotopic (exact) mass is 400 g/mol. The molecule has 3 aromatic heterocycles. The smallest absolute Gasteiger partial charge is 0.185 e. The molecule has 1 aliphatic heterocycles. The van der Waals surface area contributed by atoms with Crippen LogP contribution in [0, 0.1) is 13.8 Å². The van der Waals surface area contributed by atoms with Gasteiger partial charge in [0.25, 0.3) is 0 Å². The molecule has 8 heteroatoms. The molecule has 0 spiro atoms. The second-order valence-electron chi connectivity index (χ2n) is 7.70. The molecule has 5 rings (SSSR count). The number of rotatable bonds is 4. The molecule has 0 radical (unpaired) electrons. The summed E-state index contributed by atoms with van der Waals surface area (Å²) in [4.78, 5) is 11.3. The highest BCUT2D eigenvalue weighted by molar-refractivity contribution is 5.59. The van der Waals surface area contributed by atoms with Gasteiger partial charge in [-0.15, -0.1) is 15.3 Å². The zero-order valence-corrected chi connectivity index (χ0v) is 17.2. The Hall–Kier alpha value is -3.55. The molecule has 1 fully saturated rings. The van der Waals surface area contributed by atoms with E-state index in [0.717, 1.165) is 66.1 Å². The number of anilines is 2. The van der Waals surface area contributed by atoms with Crippen molar-refractivity contribution in [3.8, 4) is 11.4 Å². The predicted molar refractivity (Wildman–Crippen MR) is 117 cm³/mol. The average molecular weight is 400 g/mol. The van der Waals surface area contributed by atoms with Gasteiger partial charge < -0.3 is 10.2 Å². The largest absolute Gasteiger partial charge is 0.366 e. The van der Waals surface area contributed by atoms with Crippen molar-refractivity contribution in [3.63, 3.8) is 0 Å². The molecular weight excluding hydrogens is 376 g/mol. The zero-order valence-electron chi connectivity index (χ0n) is 17.2. The summed E-state index contributed by atoms with van der Waals surface area (Å²) in [5.41, 5.74) is 2.75. The Bertz CT molecular complexity index is 1140. The molecule has 1 aromatic carbocycles. The van der Waals surface area contributed by atoms with Crippen LogP contribution in [-0.4, -0.2) is 48.9 Å². The molecule has 0 unspecified atom stereocenters. The van der Waals surface area contributed by atoms with E-state index in [1.54, 1.807) is 4.52 Å². The number of nitrogens with zero attached hydrogens (tertiary/aromatic N) is 7. The van der Waals surface area contributed by atoms with E-state index >= 15 is 0 Å². The van der Waals surface area contributed by atoms with Gasteiger partial charge in [0.1, 0.15) is 17.5 Å². The second-order valence-corrected chi connectivity index (χ2v) is 7.70. The van der Waals surface area contributed by atoms with Gasteiger partial charge in [0, 0.05) is 36.5 Å². The number of hydrogen-bond donors (Lipinski definition) is 1. The predicted octanol–water partition coefficient (Wildman–Crippen LogP) is 3.28. The van der Waals surface area contributed by atoms with Crippen molar-refractivity contribution in [1.82, 2.24) is 29.8 Å². The maximum Gasteiger partial charge on any atom is 0.185 e. The van der Waals surface area contributed by atoms with Crippen LogP contribution >= 0.6 is 0 Å². The number of piperidine rings is 1. The topological polar surface area (TPSA) is 84.1 Å². The molecule has 4 heterocycles. The van der Waals surface area contributed by atoms with Gasteiger partial charge in [-0.2, -0.15) is 4.52 Å². The van der Waals surface area contributed by atoms with Gasteiger partial charge in [-0.25, -0.2) is 9.97 Å². The Morgan fingerprint density at radius 1 is 0.933 bits per heavy atom. The summed E-state index contributed by atoms with van der Waals surface area (Å²) < 4.78 is 1.80. The van der Waals surface area contributed by atoms with Gasteiger partial charge in [0.2, 0.25) is 0 Å². The first-order chi connectivity index (χ1) is 14.7. The quantitative estimate of drug-likeness (QED) is 0.563. The van der Waals surface area contributed by atoms with Crippen LogP contribution in [0.5, 0.6) is 0 Å². The molecule has 30 heavy (non-hydrogen) atoms. The Morgan fingerprint density at radius 3 is 2.50 bits per heavy atom. The molecule has 0 saturated carbocycles. The first kappa shape index (κ1) is 18.5. The Morgan fingerprint density at radius 2 is 1.73 bits per heavy atom. The van der Waals surface area contributed by atoms with E-state index in [2.05, 4.69) is 36.4 Å². The van der Waals surface area contributed by atoms with Crippen LogP contribution in [0.1, 0.15) is 24.4 Å². The molecule has 1 aliphatic rings. The standard InChI is InChI=1S/C22H24N8/c1-15-14-21(24-16(2)23-15)29-12-10-18(11-13-29)25-19-8-9-20-26-27-22(30(20)28-19)17-6-4-3-5-7-17/h3-9,14,18H,10-13H2,1-2H3,(H,25,28). The normalized spacial score (nSPS) is 14.9. The minimum Gasteiger partial charge on any atom is -0.366 e. The molecule has 1 saturated heterocycles. The van der Waals surface area contributed by atoms with E-state index in [-0.39, 0.29) is 0 Å². The number of benzene rings is 1. The summed E-state index contributed by atoms with van der Waals surface area (Å²) in [6.45, 7) is 5.87. The van der Waals surface area contributed by atoms with E-state index in [9.17, 15) is 0 Å². The van der Waals surface area contributed by atoms with Gasteiger partial charge in [0.15, 0.2) is 11.5 Å². The lowest BCUT2D eigenvalue weighted by atomic mass is 10.1. The van der Waals surface area contributed by atoms with Crippen LogP contribution in [0.15, 0.2) is 48.5 Å². The fourth-order valence-electron chi connectivity index (χ4n) is 3.95. The molecule has 0 atom stereocenters. The van der Waals surface area contributed by atoms with Gasteiger partial charge in [-0.1, -0.05) is 30.3 Å². The maximum absolute atomic E-state index is 4.75. The Balaban J connectivity index is 1.30. The highest BCUT2D eigenvalue weighted by atomic mass is 15.4. The van der Waals surface area contributed by atoms with E-state index in [1.807, 2.05) is 56.3 Å². The van der Waals surface area contributed by atoms with Gasteiger partial charge in [-0.3, -0.25) is 0 Å². The third-order valence-corrected chi connectivity index (χ3v) is 5.42. The highest BCUT2D eigenvalue weighted by Gasteiger charge is 2.21. The van der Waals surface area contributed by atoms with Crippen LogP contribution in [0.4, 0.5) is 11.6 Å². The number of aromatic nitrogens is 6. The second kappa shape index (κ2) is 7.70. The van der Waals surface area contributed by atoms with E-state index in [4.69, 9.17) is 5.10 Å². The summed E-state index contributed by atoms with van der Waals surface area (Å²) in [6, 6.07) is 16.4. The zero-order chi connectivity index (χ0) is 20.5. The molecule has 0 amide bonds. The molecule has 8 nitrogen and oxygen atoms in total. The Kier molecular flexibility index (Phi) is 4.74. The van der Waals surface area contributed by atoms with Crippen LogP contribution < -0.4 is 10.2 Å². The van der Waals surface area contributed by atoms with Crippen molar-refractivity contribution in [1.29, 1.82) is 0 Å². The molecule has 152 valence electrons. The van der Waals surface area contributed by atoms with E-state index < -0.39 is 0 Å². The van der Waals surface area contributed by atoms with Gasteiger partial charge in [-0.05, 0) is 38.8 Å². The molecule has 0 aliphatic carbocycles. The minimum absolute atomic E-state index is 0.367. The summed E-state index contributed by atoms with van der Waals surface area (Å²) >= 11 is 0. The summed E-state index contributed by atoms with van der Waals surface area (Å²) in [5.74, 6) is 3.44. The van der Waals surface area contributed by atoms with Crippen molar-refractivity contribution in [3.05, 3.63) is 60.0 Å². The SMILES string of the molecule is Cc1cc(N2CCC(Nc3ccc4nnc(-c5ccccc5)n4n3)CC2)nc(C)n1. The number of fused-ring (bicyclic) bond motifs is 1. The number of aryl methyl sites for hydroxylation is 2. The fraction of sp³-hybridized carbons (Fsp3) is 0.318. The lowest BCUT2D eigenvalue weighted by molar-refractivity contribution is 0.521. The summed E-state index contributed by atoms with van der Waals surface area (Å²) in [6.07, 6.45) is 2.05. The van der Waals surface area contributed by atoms with Crippen molar-refractivity contribution in [2.75, 3.05) is 23.3 Å². The third-order valence-electron chi connectivity index (χ3n) is 5.42. The van der Waals surface area contributed by atoms with Gasteiger partial charge in [0.05, 0.1) is 0 Å². The van der Waals surface area contributed by atoms with Crippen molar-refractivity contribution < 1.29 is 0 Å². The Labute approximate surface area is 175 Å². The lowest BCUT2D eigenvalue weighted by Gasteiger charge is -2.33. The molecule has 4 aromatic rings. The average Bonchev–Trinajstić information content (AvgIpc) is 3.17. The van der Waals surface area contributed by atoms with Crippen LogP contribution in [0.2, 0.25) is 0 Å². The van der Waals surface area contributed by atoms with Crippen LogP contribution in [0.25, 0.3) is 17.0 Å². The van der Waals surface area contributed by atoms with Crippen LogP contribution in [0.3, 0.4) is 0 Å². The van der Waals surface area contributed by atoms with Gasteiger partial charge >= 0.3 is 0 Å². The number of nitrogens with one attached hydrogen (secondary N) is 1.